The molecule has 1 N–H and O–H groups in total. The van der Waals surface area contributed by atoms with Crippen molar-refractivity contribution in [2.24, 2.45) is 0 Å². The monoisotopic (exact) mass is 233 g/mol. The molecule has 0 aromatic heterocycles. The van der Waals surface area contributed by atoms with Crippen LogP contribution in [0.15, 0.2) is 24.3 Å². The van der Waals surface area contributed by atoms with E-state index in [2.05, 4.69) is 6.07 Å². The van der Waals surface area contributed by atoms with Gasteiger partial charge in [0.1, 0.15) is 5.75 Å². The summed E-state index contributed by atoms with van der Waals surface area (Å²) in [6, 6.07) is 9.89. The topological polar surface area (TPSA) is 53.2 Å². The summed E-state index contributed by atoms with van der Waals surface area (Å²) in [6.45, 7) is 2.43. The molecule has 0 amide bonds. The zero-order valence-electron chi connectivity index (χ0n) is 10.2. The molecule has 1 rings (SSSR count). The number of nitriles is 1. The Kier molecular flexibility index (Phi) is 6.13. The van der Waals surface area contributed by atoms with E-state index in [4.69, 9.17) is 10.00 Å². The molecule has 0 saturated carbocycles. The van der Waals surface area contributed by atoms with Gasteiger partial charge in [0.05, 0.1) is 18.8 Å². The molecule has 1 atom stereocenters. The Balaban J connectivity index is 2.28. The fourth-order valence-corrected chi connectivity index (χ4v) is 1.56. The van der Waals surface area contributed by atoms with Crippen molar-refractivity contribution in [3.05, 3.63) is 29.8 Å². The van der Waals surface area contributed by atoms with Crippen LogP contribution in [0.4, 0.5) is 0 Å². The number of rotatable bonds is 7. The molecule has 0 heterocycles. The number of hydrogen-bond acceptors (Lipinski definition) is 3. The van der Waals surface area contributed by atoms with Gasteiger partial charge in [0.15, 0.2) is 0 Å². The SMILES string of the molecule is CC(O)Cc1ccc(OCCCCC#N)cc1. The zero-order valence-corrected chi connectivity index (χ0v) is 10.2. The van der Waals surface area contributed by atoms with E-state index in [1.165, 1.54) is 0 Å². The highest BCUT2D eigenvalue weighted by Crippen LogP contribution is 2.14. The third kappa shape index (κ3) is 5.94. The van der Waals surface area contributed by atoms with Crippen molar-refractivity contribution in [2.45, 2.75) is 38.7 Å². The number of aliphatic hydroxyl groups is 1. The van der Waals surface area contributed by atoms with Crippen molar-refractivity contribution in [2.75, 3.05) is 6.61 Å². The van der Waals surface area contributed by atoms with E-state index in [0.717, 1.165) is 24.2 Å². The summed E-state index contributed by atoms with van der Waals surface area (Å²) >= 11 is 0. The second-order valence-corrected chi connectivity index (χ2v) is 4.16. The summed E-state index contributed by atoms with van der Waals surface area (Å²) in [5.74, 6) is 0.844. The minimum absolute atomic E-state index is 0.312. The van der Waals surface area contributed by atoms with Crippen molar-refractivity contribution in [1.82, 2.24) is 0 Å². The van der Waals surface area contributed by atoms with Crippen molar-refractivity contribution in [3.63, 3.8) is 0 Å². The molecule has 0 aliphatic rings. The van der Waals surface area contributed by atoms with E-state index in [-0.39, 0.29) is 6.10 Å². The van der Waals surface area contributed by atoms with Gasteiger partial charge in [-0.2, -0.15) is 5.26 Å². The Labute approximate surface area is 103 Å². The lowest BCUT2D eigenvalue weighted by atomic mass is 10.1. The highest BCUT2D eigenvalue weighted by atomic mass is 16.5. The van der Waals surface area contributed by atoms with Crippen LogP contribution < -0.4 is 4.74 Å². The van der Waals surface area contributed by atoms with Gasteiger partial charge in [0.25, 0.3) is 0 Å². The first-order valence-electron chi connectivity index (χ1n) is 5.99. The quantitative estimate of drug-likeness (QED) is 0.737. The van der Waals surface area contributed by atoms with Crippen LogP contribution in [0.2, 0.25) is 0 Å². The summed E-state index contributed by atoms with van der Waals surface area (Å²) in [7, 11) is 0. The molecule has 3 heteroatoms. The van der Waals surface area contributed by atoms with Crippen LogP contribution in [0.5, 0.6) is 5.75 Å². The fourth-order valence-electron chi connectivity index (χ4n) is 1.56. The van der Waals surface area contributed by atoms with Gasteiger partial charge in [-0.25, -0.2) is 0 Å². The Morgan fingerprint density at radius 3 is 2.59 bits per heavy atom. The maximum absolute atomic E-state index is 9.24. The van der Waals surface area contributed by atoms with Crippen LogP contribution in [-0.2, 0) is 6.42 Å². The number of nitrogens with zero attached hydrogens (tertiary/aromatic N) is 1. The Hall–Kier alpha value is -1.53. The van der Waals surface area contributed by atoms with Gasteiger partial charge in [0.2, 0.25) is 0 Å². The third-order valence-electron chi connectivity index (χ3n) is 2.41. The van der Waals surface area contributed by atoms with Crippen LogP contribution >= 0.6 is 0 Å². The zero-order chi connectivity index (χ0) is 12.5. The van der Waals surface area contributed by atoms with Gasteiger partial charge in [0, 0.05) is 6.42 Å². The number of hydrogen-bond donors (Lipinski definition) is 1. The van der Waals surface area contributed by atoms with Gasteiger partial charge in [-0.05, 0) is 43.9 Å². The van der Waals surface area contributed by atoms with E-state index in [1.807, 2.05) is 24.3 Å². The molecule has 0 bridgehead atoms. The first-order valence-corrected chi connectivity index (χ1v) is 5.99. The molecule has 1 aromatic rings. The lowest BCUT2D eigenvalue weighted by Crippen LogP contribution is -2.04. The Bertz CT molecular complexity index is 351. The van der Waals surface area contributed by atoms with Crippen LogP contribution in [0.3, 0.4) is 0 Å². The molecule has 0 spiro atoms. The standard InChI is InChI=1S/C14H19NO2/c1-12(16)11-13-5-7-14(8-6-13)17-10-4-2-3-9-15/h5-8,12,16H,2-4,10-11H2,1H3. The summed E-state index contributed by atoms with van der Waals surface area (Å²) in [4.78, 5) is 0. The number of aliphatic hydroxyl groups excluding tert-OH is 1. The average Bonchev–Trinajstić information content (AvgIpc) is 2.30. The summed E-state index contributed by atoms with van der Waals surface area (Å²) < 4.78 is 5.54. The predicted octanol–water partition coefficient (Wildman–Crippen LogP) is 2.68. The highest BCUT2D eigenvalue weighted by molar-refractivity contribution is 5.27. The van der Waals surface area contributed by atoms with Crippen LogP contribution in [0.1, 0.15) is 31.7 Å². The minimum Gasteiger partial charge on any atom is -0.494 e. The van der Waals surface area contributed by atoms with Gasteiger partial charge in [-0.3, -0.25) is 0 Å². The molecule has 0 fully saturated rings. The fraction of sp³-hybridized carbons (Fsp3) is 0.500. The lowest BCUT2D eigenvalue weighted by molar-refractivity contribution is 0.195. The molecule has 92 valence electrons. The Morgan fingerprint density at radius 1 is 1.29 bits per heavy atom. The van der Waals surface area contributed by atoms with Crippen molar-refractivity contribution in [1.29, 1.82) is 5.26 Å². The van der Waals surface area contributed by atoms with Crippen molar-refractivity contribution >= 4 is 0 Å². The smallest absolute Gasteiger partial charge is 0.119 e. The largest absolute Gasteiger partial charge is 0.494 e. The number of unbranched alkanes of at least 4 members (excludes halogenated alkanes) is 2. The summed E-state index contributed by atoms with van der Waals surface area (Å²) in [5.41, 5.74) is 1.11. The second-order valence-electron chi connectivity index (χ2n) is 4.16. The highest BCUT2D eigenvalue weighted by Gasteiger charge is 1.99. The molecule has 0 aliphatic heterocycles. The average molecular weight is 233 g/mol. The molecular weight excluding hydrogens is 214 g/mol. The van der Waals surface area contributed by atoms with Gasteiger partial charge < -0.3 is 9.84 Å². The first-order chi connectivity index (χ1) is 8.22. The van der Waals surface area contributed by atoms with E-state index in [0.29, 0.717) is 19.4 Å². The normalized spacial score (nSPS) is 11.8. The molecule has 0 aliphatic carbocycles. The molecule has 1 aromatic carbocycles. The van der Waals surface area contributed by atoms with E-state index in [1.54, 1.807) is 6.92 Å². The third-order valence-corrected chi connectivity index (χ3v) is 2.41. The maximum Gasteiger partial charge on any atom is 0.119 e. The van der Waals surface area contributed by atoms with E-state index in [9.17, 15) is 5.11 Å². The minimum atomic E-state index is -0.312. The van der Waals surface area contributed by atoms with Gasteiger partial charge in [-0.1, -0.05) is 12.1 Å². The molecular formula is C14H19NO2. The molecule has 0 radical (unpaired) electrons. The predicted molar refractivity (Wildman–Crippen MR) is 66.8 cm³/mol. The molecule has 17 heavy (non-hydrogen) atoms. The molecule has 0 saturated heterocycles. The van der Waals surface area contributed by atoms with Crippen LogP contribution in [-0.4, -0.2) is 17.8 Å². The first kappa shape index (κ1) is 13.5. The van der Waals surface area contributed by atoms with Gasteiger partial charge >= 0.3 is 0 Å². The number of benzene rings is 1. The second kappa shape index (κ2) is 7.70. The van der Waals surface area contributed by atoms with Gasteiger partial charge in [-0.15, -0.1) is 0 Å². The summed E-state index contributed by atoms with van der Waals surface area (Å²) in [6.07, 6.45) is 2.74. The van der Waals surface area contributed by atoms with Crippen molar-refractivity contribution < 1.29 is 9.84 Å². The van der Waals surface area contributed by atoms with Crippen molar-refractivity contribution in [3.8, 4) is 11.8 Å². The summed E-state index contributed by atoms with van der Waals surface area (Å²) in [5, 5.41) is 17.6. The van der Waals surface area contributed by atoms with Crippen LogP contribution in [0, 0.1) is 11.3 Å². The molecule has 3 nitrogen and oxygen atoms in total. The van der Waals surface area contributed by atoms with Crippen LogP contribution in [0.25, 0.3) is 0 Å². The lowest BCUT2D eigenvalue weighted by Gasteiger charge is -2.07. The van der Waals surface area contributed by atoms with E-state index < -0.39 is 0 Å². The number of ether oxygens (including phenoxy) is 1. The molecule has 1 unspecified atom stereocenters. The maximum atomic E-state index is 9.24. The Morgan fingerprint density at radius 2 is 2.00 bits per heavy atom. The van der Waals surface area contributed by atoms with E-state index >= 15 is 0 Å².